The van der Waals surface area contributed by atoms with E-state index in [2.05, 4.69) is 28.2 Å². The molecule has 0 radical (unpaired) electrons. The zero-order valence-corrected chi connectivity index (χ0v) is 12.5. The predicted molar refractivity (Wildman–Crippen MR) is 74.5 cm³/mol. The molecule has 0 aliphatic carbocycles. The highest BCUT2D eigenvalue weighted by Crippen LogP contribution is 2.21. The van der Waals surface area contributed by atoms with Gasteiger partial charge in [-0.1, -0.05) is 26.2 Å². The third-order valence-corrected chi connectivity index (χ3v) is 3.62. The summed E-state index contributed by atoms with van der Waals surface area (Å²) in [6.45, 7) is 4.43. The van der Waals surface area contributed by atoms with Crippen LogP contribution in [0.15, 0.2) is 16.6 Å². The Labute approximate surface area is 116 Å². The van der Waals surface area contributed by atoms with E-state index in [1.807, 2.05) is 6.92 Å². The summed E-state index contributed by atoms with van der Waals surface area (Å²) in [6, 6.07) is 2.94. The maximum Gasteiger partial charge on any atom is 0.144 e. The Morgan fingerprint density at radius 1 is 1.28 bits per heavy atom. The van der Waals surface area contributed by atoms with Crippen LogP contribution in [0.25, 0.3) is 0 Å². The lowest BCUT2D eigenvalue weighted by Gasteiger charge is -2.14. The number of nitrogens with one attached hydrogen (secondary N) is 1. The van der Waals surface area contributed by atoms with Crippen LogP contribution < -0.4 is 5.32 Å². The van der Waals surface area contributed by atoms with Crippen molar-refractivity contribution in [2.24, 2.45) is 0 Å². The van der Waals surface area contributed by atoms with E-state index in [0.29, 0.717) is 4.47 Å². The van der Waals surface area contributed by atoms with Crippen LogP contribution >= 0.6 is 15.9 Å². The number of benzene rings is 1. The molecule has 1 aromatic rings. The molecule has 0 aliphatic rings. The summed E-state index contributed by atoms with van der Waals surface area (Å²) >= 11 is 3.07. The number of unbranched alkanes of at least 4 members (excludes halogenated alkanes) is 2. The van der Waals surface area contributed by atoms with Crippen molar-refractivity contribution in [1.29, 1.82) is 0 Å². The first-order chi connectivity index (χ1) is 8.56. The molecular formula is C14H20BrF2N. The molecule has 1 N–H and O–H groups in total. The first-order valence-electron chi connectivity index (χ1n) is 6.42. The third-order valence-electron chi connectivity index (χ3n) is 3.01. The smallest absolute Gasteiger partial charge is 0.144 e. The van der Waals surface area contributed by atoms with Gasteiger partial charge < -0.3 is 5.32 Å². The summed E-state index contributed by atoms with van der Waals surface area (Å²) in [5.41, 5.74) is 0.103. The molecule has 1 atom stereocenters. The van der Waals surface area contributed by atoms with Crippen molar-refractivity contribution >= 4 is 15.9 Å². The fourth-order valence-corrected chi connectivity index (χ4v) is 2.18. The quantitative estimate of drug-likeness (QED) is 0.563. The topological polar surface area (TPSA) is 12.0 Å². The summed E-state index contributed by atoms with van der Waals surface area (Å²) < 4.78 is 27.5. The van der Waals surface area contributed by atoms with Gasteiger partial charge in [-0.25, -0.2) is 8.78 Å². The van der Waals surface area contributed by atoms with Gasteiger partial charge in [-0.15, -0.1) is 0 Å². The first kappa shape index (κ1) is 15.6. The second kappa shape index (κ2) is 7.85. The summed E-state index contributed by atoms with van der Waals surface area (Å²) in [5, 5.41) is 3.17. The molecule has 0 heterocycles. The highest BCUT2D eigenvalue weighted by atomic mass is 79.9. The van der Waals surface area contributed by atoms with Gasteiger partial charge in [-0.05, 0) is 41.4 Å². The van der Waals surface area contributed by atoms with Crippen LogP contribution in [0, 0.1) is 11.6 Å². The van der Waals surface area contributed by atoms with Gasteiger partial charge in [-0.3, -0.25) is 0 Å². The lowest BCUT2D eigenvalue weighted by atomic mass is 10.1. The minimum absolute atomic E-state index is 0.103. The number of hydrogen-bond donors (Lipinski definition) is 1. The maximum atomic E-state index is 13.7. The molecule has 0 bridgehead atoms. The molecule has 0 saturated carbocycles. The van der Waals surface area contributed by atoms with E-state index in [-0.39, 0.29) is 18.2 Å². The number of hydrogen-bond acceptors (Lipinski definition) is 1. The largest absolute Gasteiger partial charge is 0.310 e. The number of halogens is 3. The molecule has 1 rings (SSSR count). The Morgan fingerprint density at radius 2 is 2.00 bits per heavy atom. The molecule has 4 heteroatoms. The van der Waals surface area contributed by atoms with Crippen molar-refractivity contribution in [3.05, 3.63) is 33.8 Å². The fourth-order valence-electron chi connectivity index (χ4n) is 1.81. The van der Waals surface area contributed by atoms with Crippen molar-refractivity contribution in [2.75, 3.05) is 0 Å². The minimum Gasteiger partial charge on any atom is -0.310 e. The van der Waals surface area contributed by atoms with Crippen LogP contribution in [-0.4, -0.2) is 6.04 Å². The standard InChI is InChI=1S/C14H20BrF2N/c1-3-4-5-6-10(2)18-9-11-13(16)8-7-12(15)14(11)17/h7-8,10,18H,3-6,9H2,1-2H3. The van der Waals surface area contributed by atoms with Crippen LogP contribution in [0.2, 0.25) is 0 Å². The van der Waals surface area contributed by atoms with Crippen LogP contribution in [0.4, 0.5) is 8.78 Å². The Morgan fingerprint density at radius 3 is 2.67 bits per heavy atom. The van der Waals surface area contributed by atoms with Gasteiger partial charge in [0.2, 0.25) is 0 Å². The van der Waals surface area contributed by atoms with E-state index in [1.165, 1.54) is 25.0 Å². The normalized spacial score (nSPS) is 12.7. The van der Waals surface area contributed by atoms with Gasteiger partial charge in [0, 0.05) is 18.2 Å². The molecule has 0 spiro atoms. The van der Waals surface area contributed by atoms with Crippen LogP contribution in [0.5, 0.6) is 0 Å². The average Bonchev–Trinajstić information content (AvgIpc) is 2.34. The highest BCUT2D eigenvalue weighted by Gasteiger charge is 2.12. The van der Waals surface area contributed by atoms with Gasteiger partial charge in [0.1, 0.15) is 11.6 Å². The van der Waals surface area contributed by atoms with Crippen molar-refractivity contribution in [3.8, 4) is 0 Å². The zero-order chi connectivity index (χ0) is 13.5. The summed E-state index contributed by atoms with van der Waals surface area (Å²) in [6.07, 6.45) is 4.56. The summed E-state index contributed by atoms with van der Waals surface area (Å²) in [7, 11) is 0. The van der Waals surface area contributed by atoms with E-state index in [4.69, 9.17) is 0 Å². The molecule has 18 heavy (non-hydrogen) atoms. The average molecular weight is 320 g/mol. The second-order valence-corrected chi connectivity index (χ2v) is 5.45. The molecule has 1 aromatic carbocycles. The van der Waals surface area contributed by atoms with Gasteiger partial charge in [0.15, 0.2) is 0 Å². The number of rotatable bonds is 7. The van der Waals surface area contributed by atoms with Crippen molar-refractivity contribution < 1.29 is 8.78 Å². The Balaban J connectivity index is 2.50. The molecule has 0 fully saturated rings. The monoisotopic (exact) mass is 319 g/mol. The highest BCUT2D eigenvalue weighted by molar-refractivity contribution is 9.10. The third kappa shape index (κ3) is 4.65. The van der Waals surface area contributed by atoms with Crippen molar-refractivity contribution in [3.63, 3.8) is 0 Å². The predicted octanol–water partition coefficient (Wildman–Crippen LogP) is 4.79. The van der Waals surface area contributed by atoms with E-state index < -0.39 is 11.6 Å². The minimum atomic E-state index is -0.511. The molecule has 0 aliphatic heterocycles. The van der Waals surface area contributed by atoms with E-state index >= 15 is 0 Å². The van der Waals surface area contributed by atoms with Gasteiger partial charge >= 0.3 is 0 Å². The van der Waals surface area contributed by atoms with E-state index in [1.54, 1.807) is 0 Å². The summed E-state index contributed by atoms with van der Waals surface area (Å²) in [5.74, 6) is -1.01. The van der Waals surface area contributed by atoms with Crippen molar-refractivity contribution in [1.82, 2.24) is 5.32 Å². The van der Waals surface area contributed by atoms with Crippen LogP contribution in [0.3, 0.4) is 0 Å². The van der Waals surface area contributed by atoms with Gasteiger partial charge in [0.25, 0.3) is 0 Å². The lowest BCUT2D eigenvalue weighted by Crippen LogP contribution is -2.26. The van der Waals surface area contributed by atoms with E-state index in [0.717, 1.165) is 12.8 Å². The fraction of sp³-hybridized carbons (Fsp3) is 0.571. The molecule has 0 saturated heterocycles. The zero-order valence-electron chi connectivity index (χ0n) is 10.9. The van der Waals surface area contributed by atoms with Crippen LogP contribution in [-0.2, 0) is 6.54 Å². The Bertz CT molecular complexity index is 382. The SMILES string of the molecule is CCCCCC(C)NCc1c(F)ccc(Br)c1F. The molecule has 1 unspecified atom stereocenters. The molecular weight excluding hydrogens is 300 g/mol. The second-order valence-electron chi connectivity index (χ2n) is 4.60. The molecule has 0 amide bonds. The summed E-state index contributed by atoms with van der Waals surface area (Å²) in [4.78, 5) is 0. The molecule has 1 nitrogen and oxygen atoms in total. The first-order valence-corrected chi connectivity index (χ1v) is 7.21. The van der Waals surface area contributed by atoms with Crippen molar-refractivity contribution in [2.45, 2.75) is 52.1 Å². The molecule has 102 valence electrons. The van der Waals surface area contributed by atoms with Crippen LogP contribution in [0.1, 0.15) is 45.1 Å². The van der Waals surface area contributed by atoms with E-state index in [9.17, 15) is 8.78 Å². The Hall–Kier alpha value is -0.480. The van der Waals surface area contributed by atoms with Gasteiger partial charge in [0.05, 0.1) is 4.47 Å². The molecule has 0 aromatic heterocycles. The van der Waals surface area contributed by atoms with Gasteiger partial charge in [-0.2, -0.15) is 0 Å². The maximum absolute atomic E-state index is 13.7. The lowest BCUT2D eigenvalue weighted by molar-refractivity contribution is 0.465. The Kier molecular flexibility index (Phi) is 6.79.